The molecule has 0 saturated heterocycles. The van der Waals surface area contributed by atoms with Crippen molar-refractivity contribution >= 4 is 15.9 Å². The maximum Gasteiger partial charge on any atom is 0.416 e. The van der Waals surface area contributed by atoms with Crippen LogP contribution in [0.25, 0.3) is 0 Å². The van der Waals surface area contributed by atoms with E-state index in [0.717, 1.165) is 10.5 Å². The van der Waals surface area contributed by atoms with Crippen molar-refractivity contribution in [3.63, 3.8) is 0 Å². The Hall–Kier alpha value is -2.32. The van der Waals surface area contributed by atoms with E-state index in [2.05, 4.69) is 20.9 Å². The Balaban J connectivity index is 1.73. The Morgan fingerprint density at radius 2 is 1.76 bits per heavy atom. The molecule has 0 amide bonds. The molecule has 8 heteroatoms. The van der Waals surface area contributed by atoms with Gasteiger partial charge < -0.3 is 14.4 Å². The zero-order valence-electron chi connectivity index (χ0n) is 15.2. The van der Waals surface area contributed by atoms with Crippen LogP contribution < -0.4 is 4.74 Å². The lowest BCUT2D eigenvalue weighted by molar-refractivity contribution is -0.141. The summed E-state index contributed by atoms with van der Waals surface area (Å²) in [6, 6.07) is 10.5. The first-order chi connectivity index (χ1) is 13.8. The SMILES string of the molecule is OC(Cn1ccnc1)(c1ccc(Oc2ccc(Br)cc2)cc1C(F)(F)F)C1CC1. The summed E-state index contributed by atoms with van der Waals surface area (Å²) in [6.07, 6.45) is 1.38. The van der Waals surface area contributed by atoms with Gasteiger partial charge in [0, 0.05) is 16.9 Å². The molecule has 1 aromatic heterocycles. The maximum absolute atomic E-state index is 13.9. The molecule has 1 N–H and O–H groups in total. The van der Waals surface area contributed by atoms with Crippen LogP contribution in [0.2, 0.25) is 0 Å². The summed E-state index contributed by atoms with van der Waals surface area (Å²) in [4.78, 5) is 3.92. The van der Waals surface area contributed by atoms with Crippen LogP contribution in [0.1, 0.15) is 24.0 Å². The average Bonchev–Trinajstić information content (AvgIpc) is 3.42. The molecule has 4 rings (SSSR count). The van der Waals surface area contributed by atoms with Crippen LogP contribution in [-0.2, 0) is 18.3 Å². The van der Waals surface area contributed by atoms with Crippen LogP contribution in [0, 0.1) is 5.92 Å². The summed E-state index contributed by atoms with van der Waals surface area (Å²) in [5, 5.41) is 11.4. The van der Waals surface area contributed by atoms with Gasteiger partial charge in [-0.05, 0) is 60.7 Å². The second-order valence-corrected chi connectivity index (χ2v) is 8.11. The van der Waals surface area contributed by atoms with Gasteiger partial charge in [-0.15, -0.1) is 0 Å². The van der Waals surface area contributed by atoms with Crippen molar-refractivity contribution in [1.29, 1.82) is 0 Å². The first-order valence-electron chi connectivity index (χ1n) is 9.09. The van der Waals surface area contributed by atoms with Crippen LogP contribution in [0.4, 0.5) is 13.2 Å². The van der Waals surface area contributed by atoms with Crippen molar-refractivity contribution in [1.82, 2.24) is 9.55 Å². The van der Waals surface area contributed by atoms with Gasteiger partial charge in [-0.3, -0.25) is 0 Å². The first-order valence-corrected chi connectivity index (χ1v) is 9.88. The minimum Gasteiger partial charge on any atom is -0.457 e. The van der Waals surface area contributed by atoms with E-state index in [-0.39, 0.29) is 23.8 Å². The third-order valence-electron chi connectivity index (χ3n) is 5.05. The molecule has 1 unspecified atom stereocenters. The van der Waals surface area contributed by atoms with Gasteiger partial charge in [-0.1, -0.05) is 22.0 Å². The molecule has 1 saturated carbocycles. The van der Waals surface area contributed by atoms with E-state index in [0.29, 0.717) is 18.6 Å². The van der Waals surface area contributed by atoms with Gasteiger partial charge in [0.2, 0.25) is 0 Å². The maximum atomic E-state index is 13.9. The van der Waals surface area contributed by atoms with Crippen molar-refractivity contribution in [2.75, 3.05) is 0 Å². The summed E-state index contributed by atoms with van der Waals surface area (Å²) in [7, 11) is 0. The number of imidazole rings is 1. The largest absolute Gasteiger partial charge is 0.457 e. The summed E-state index contributed by atoms with van der Waals surface area (Å²) in [5.41, 5.74) is -2.66. The van der Waals surface area contributed by atoms with E-state index in [9.17, 15) is 18.3 Å². The number of rotatable bonds is 6. The zero-order valence-corrected chi connectivity index (χ0v) is 16.8. The molecule has 1 aliphatic rings. The monoisotopic (exact) mass is 466 g/mol. The Kier molecular flexibility index (Phi) is 5.16. The molecule has 1 aliphatic carbocycles. The van der Waals surface area contributed by atoms with Crippen LogP contribution >= 0.6 is 15.9 Å². The predicted octanol–water partition coefficient (Wildman–Crippen LogP) is 5.75. The van der Waals surface area contributed by atoms with Gasteiger partial charge in [0.25, 0.3) is 0 Å². The average molecular weight is 467 g/mol. The van der Waals surface area contributed by atoms with Crippen LogP contribution in [0.15, 0.2) is 65.7 Å². The number of benzene rings is 2. The van der Waals surface area contributed by atoms with Gasteiger partial charge in [0.1, 0.15) is 17.1 Å². The third kappa shape index (κ3) is 4.33. The predicted molar refractivity (Wildman–Crippen MR) is 105 cm³/mol. The van der Waals surface area contributed by atoms with Crippen molar-refractivity contribution in [2.24, 2.45) is 5.92 Å². The highest BCUT2D eigenvalue weighted by atomic mass is 79.9. The van der Waals surface area contributed by atoms with Crippen molar-refractivity contribution in [3.05, 3.63) is 76.8 Å². The lowest BCUT2D eigenvalue weighted by atomic mass is 9.85. The second-order valence-electron chi connectivity index (χ2n) is 7.19. The number of alkyl halides is 3. The highest BCUT2D eigenvalue weighted by Crippen LogP contribution is 2.50. The number of nitrogens with zero attached hydrogens (tertiary/aromatic N) is 2. The molecule has 0 radical (unpaired) electrons. The molecule has 1 fully saturated rings. The molecule has 0 aliphatic heterocycles. The number of hydrogen-bond donors (Lipinski definition) is 1. The molecule has 1 atom stereocenters. The molecule has 3 aromatic rings. The van der Waals surface area contributed by atoms with E-state index >= 15 is 0 Å². The lowest BCUT2D eigenvalue weighted by Gasteiger charge is -2.32. The summed E-state index contributed by atoms with van der Waals surface area (Å²) in [6.45, 7) is 0.00760. The topological polar surface area (TPSA) is 47.3 Å². The standard InChI is InChI=1S/C21H18BrF3N2O2/c22-15-3-5-16(6-4-15)29-17-7-8-18(19(11-17)21(23,24)25)20(28,14-1-2-14)12-27-10-9-26-13-27/h3-11,13-14,28H,1-2,12H2. The normalized spacial score (nSPS) is 16.4. The van der Waals surface area contributed by atoms with Crippen LogP contribution in [0.3, 0.4) is 0 Å². The van der Waals surface area contributed by atoms with Gasteiger partial charge in [-0.25, -0.2) is 4.98 Å². The zero-order chi connectivity index (χ0) is 20.6. The molecular weight excluding hydrogens is 449 g/mol. The molecule has 4 nitrogen and oxygen atoms in total. The Morgan fingerprint density at radius 3 is 2.34 bits per heavy atom. The lowest BCUT2D eigenvalue weighted by Crippen LogP contribution is -2.36. The molecule has 2 aromatic carbocycles. The molecule has 0 bridgehead atoms. The fourth-order valence-corrected chi connectivity index (χ4v) is 3.76. The van der Waals surface area contributed by atoms with E-state index in [1.165, 1.54) is 24.7 Å². The smallest absolute Gasteiger partial charge is 0.416 e. The van der Waals surface area contributed by atoms with E-state index in [4.69, 9.17) is 4.74 Å². The number of aromatic nitrogens is 2. The van der Waals surface area contributed by atoms with Crippen molar-refractivity contribution in [3.8, 4) is 11.5 Å². The minimum atomic E-state index is -4.63. The minimum absolute atomic E-state index is 0.00760. The van der Waals surface area contributed by atoms with Crippen molar-refractivity contribution in [2.45, 2.75) is 31.2 Å². The highest BCUT2D eigenvalue weighted by Gasteiger charge is 2.49. The molecular formula is C21H18BrF3N2O2. The van der Waals surface area contributed by atoms with Crippen LogP contribution in [-0.4, -0.2) is 14.7 Å². The van der Waals surface area contributed by atoms with Gasteiger partial charge in [-0.2, -0.15) is 13.2 Å². The van der Waals surface area contributed by atoms with Gasteiger partial charge in [0.15, 0.2) is 0 Å². The molecule has 1 heterocycles. The Bertz CT molecular complexity index is 986. The molecule has 29 heavy (non-hydrogen) atoms. The quantitative estimate of drug-likeness (QED) is 0.502. The van der Waals surface area contributed by atoms with Gasteiger partial charge >= 0.3 is 6.18 Å². The Morgan fingerprint density at radius 1 is 1.07 bits per heavy atom. The summed E-state index contributed by atoms with van der Waals surface area (Å²) < 4.78 is 49.8. The van der Waals surface area contributed by atoms with E-state index < -0.39 is 17.3 Å². The molecule has 0 spiro atoms. The van der Waals surface area contributed by atoms with E-state index in [1.807, 2.05) is 0 Å². The number of ether oxygens (including phenoxy) is 1. The summed E-state index contributed by atoms with van der Waals surface area (Å²) in [5.74, 6) is 0.248. The third-order valence-corrected chi connectivity index (χ3v) is 5.58. The van der Waals surface area contributed by atoms with Gasteiger partial charge in [0.05, 0.1) is 18.4 Å². The number of halogens is 4. The fraction of sp³-hybridized carbons (Fsp3) is 0.286. The Labute approximate surface area is 174 Å². The number of aliphatic hydroxyl groups is 1. The van der Waals surface area contributed by atoms with Crippen LogP contribution in [0.5, 0.6) is 11.5 Å². The van der Waals surface area contributed by atoms with Crippen molar-refractivity contribution < 1.29 is 23.0 Å². The highest BCUT2D eigenvalue weighted by molar-refractivity contribution is 9.10. The molecule has 152 valence electrons. The summed E-state index contributed by atoms with van der Waals surface area (Å²) >= 11 is 3.31. The second kappa shape index (κ2) is 7.50. The fourth-order valence-electron chi connectivity index (χ4n) is 3.49. The first kappa shape index (κ1) is 20.0. The number of hydrogen-bond acceptors (Lipinski definition) is 3. The van der Waals surface area contributed by atoms with E-state index in [1.54, 1.807) is 35.0 Å².